The number of carbonyl (C=O) groups is 1. The van der Waals surface area contributed by atoms with E-state index in [1.165, 1.54) is 26.6 Å². The predicted octanol–water partition coefficient (Wildman–Crippen LogP) is 4.55. The lowest BCUT2D eigenvalue weighted by atomic mass is 10.0. The SMILES string of the molecule is COc1cccc(OC)c1-n1c(CS(=O)(=O)[C@@H](C)[C@H](C)c2ncc(Cl)cn2)nnc1[C@H]1CC(=O)c2ccccc21. The molecule has 0 N–H and O–H groups in total. The fourth-order valence-corrected chi connectivity index (χ4v) is 6.68. The smallest absolute Gasteiger partial charge is 0.164 e. The van der Waals surface area contributed by atoms with Crippen LogP contribution in [0.5, 0.6) is 11.5 Å². The van der Waals surface area contributed by atoms with Crippen molar-refractivity contribution >= 4 is 27.2 Å². The van der Waals surface area contributed by atoms with Crippen LogP contribution in [0.25, 0.3) is 5.69 Å². The van der Waals surface area contributed by atoms with Gasteiger partial charge in [0.15, 0.2) is 21.4 Å². The van der Waals surface area contributed by atoms with Gasteiger partial charge in [0.2, 0.25) is 0 Å². The second-order valence-electron chi connectivity index (χ2n) is 9.65. The standard InChI is InChI=1S/C28H28ClN5O5S/c1-16(27-30-13-18(29)14-31-27)17(2)40(36,37)15-25-32-33-28(21-12-22(35)20-9-6-5-8-19(20)21)34(25)26-23(38-3)10-7-11-24(26)39-4/h5-11,13-14,16-17,21H,12,15H2,1-4H3/t16-,17-,21-/m0/s1. The molecule has 1 aliphatic carbocycles. The number of methoxy groups -OCH3 is 2. The summed E-state index contributed by atoms with van der Waals surface area (Å²) in [5, 5.41) is 8.33. The van der Waals surface area contributed by atoms with Crippen molar-refractivity contribution in [2.45, 2.75) is 43.1 Å². The average Bonchev–Trinajstić information content (AvgIpc) is 3.51. The van der Waals surface area contributed by atoms with Crippen LogP contribution in [0.15, 0.2) is 54.9 Å². The van der Waals surface area contributed by atoms with Crippen molar-refractivity contribution in [2.75, 3.05) is 14.2 Å². The number of fused-ring (bicyclic) bond motifs is 1. The van der Waals surface area contributed by atoms with Crippen LogP contribution in [0.4, 0.5) is 0 Å². The third kappa shape index (κ3) is 4.95. The number of hydrogen-bond acceptors (Lipinski definition) is 9. The second-order valence-corrected chi connectivity index (χ2v) is 12.4. The number of hydrogen-bond donors (Lipinski definition) is 0. The number of nitrogens with zero attached hydrogens (tertiary/aromatic N) is 5. The van der Waals surface area contributed by atoms with E-state index in [0.717, 1.165) is 5.56 Å². The highest BCUT2D eigenvalue weighted by molar-refractivity contribution is 7.91. The van der Waals surface area contributed by atoms with Gasteiger partial charge in [-0.25, -0.2) is 18.4 Å². The molecule has 2 heterocycles. The zero-order chi connectivity index (χ0) is 28.6. The molecule has 40 heavy (non-hydrogen) atoms. The molecular weight excluding hydrogens is 554 g/mol. The Labute approximate surface area is 237 Å². The number of Topliss-reactive ketones (excluding diaryl/α,β-unsaturated/α-hetero) is 1. The van der Waals surface area contributed by atoms with Gasteiger partial charge in [0.05, 0.1) is 30.4 Å². The Balaban J connectivity index is 1.63. The van der Waals surface area contributed by atoms with Crippen LogP contribution >= 0.6 is 11.6 Å². The molecule has 5 rings (SSSR count). The molecule has 0 saturated heterocycles. The first-order chi connectivity index (χ1) is 19.2. The van der Waals surface area contributed by atoms with Crippen LogP contribution in [0.3, 0.4) is 0 Å². The minimum atomic E-state index is -3.81. The first kappa shape index (κ1) is 27.7. The van der Waals surface area contributed by atoms with Crippen molar-refractivity contribution in [2.24, 2.45) is 0 Å². The Hall–Kier alpha value is -3.83. The maximum Gasteiger partial charge on any atom is 0.164 e. The van der Waals surface area contributed by atoms with Gasteiger partial charge in [-0.15, -0.1) is 10.2 Å². The van der Waals surface area contributed by atoms with Crippen molar-refractivity contribution < 1.29 is 22.7 Å². The maximum atomic E-state index is 13.8. The number of aromatic nitrogens is 5. The van der Waals surface area contributed by atoms with E-state index in [1.807, 2.05) is 18.2 Å². The molecule has 10 nitrogen and oxygen atoms in total. The molecule has 2 aromatic heterocycles. The summed E-state index contributed by atoms with van der Waals surface area (Å²) in [6.07, 6.45) is 3.07. The predicted molar refractivity (Wildman–Crippen MR) is 149 cm³/mol. The van der Waals surface area contributed by atoms with Crippen molar-refractivity contribution in [3.05, 3.63) is 88.5 Å². The molecule has 0 fully saturated rings. The minimum absolute atomic E-state index is 0.0123. The zero-order valence-corrected chi connectivity index (χ0v) is 24.0. The normalized spacial score (nSPS) is 16.4. The van der Waals surface area contributed by atoms with Gasteiger partial charge in [-0.05, 0) is 24.6 Å². The van der Waals surface area contributed by atoms with Crippen LogP contribution in [-0.2, 0) is 15.6 Å². The molecule has 208 valence electrons. The molecule has 0 spiro atoms. The highest BCUT2D eigenvalue weighted by atomic mass is 35.5. The topological polar surface area (TPSA) is 126 Å². The number of rotatable bonds is 9. The van der Waals surface area contributed by atoms with Crippen molar-refractivity contribution in [1.29, 1.82) is 0 Å². The van der Waals surface area contributed by atoms with E-state index in [2.05, 4.69) is 20.2 Å². The maximum absolute atomic E-state index is 13.8. The van der Waals surface area contributed by atoms with E-state index in [0.29, 0.717) is 39.4 Å². The highest BCUT2D eigenvalue weighted by Gasteiger charge is 2.37. The summed E-state index contributed by atoms with van der Waals surface area (Å²) >= 11 is 5.91. The minimum Gasteiger partial charge on any atom is -0.494 e. The lowest BCUT2D eigenvalue weighted by Crippen LogP contribution is -2.27. The quantitative estimate of drug-likeness (QED) is 0.280. The number of ether oxygens (including phenoxy) is 2. The number of sulfone groups is 1. The largest absolute Gasteiger partial charge is 0.494 e. The van der Waals surface area contributed by atoms with Gasteiger partial charge in [-0.3, -0.25) is 9.36 Å². The van der Waals surface area contributed by atoms with Gasteiger partial charge < -0.3 is 9.47 Å². The summed E-state index contributed by atoms with van der Waals surface area (Å²) < 4.78 is 40.5. The zero-order valence-electron chi connectivity index (χ0n) is 22.4. The molecule has 3 atom stereocenters. The van der Waals surface area contributed by atoms with Crippen LogP contribution in [0.1, 0.15) is 65.5 Å². The summed E-state index contributed by atoms with van der Waals surface area (Å²) in [4.78, 5) is 21.3. The third-order valence-electron chi connectivity index (χ3n) is 7.37. The van der Waals surface area contributed by atoms with Gasteiger partial charge >= 0.3 is 0 Å². The van der Waals surface area contributed by atoms with Crippen molar-refractivity contribution in [1.82, 2.24) is 24.7 Å². The van der Waals surface area contributed by atoms with Crippen LogP contribution in [-0.4, -0.2) is 58.4 Å². The fourth-order valence-electron chi connectivity index (χ4n) is 5.03. The molecule has 2 aromatic carbocycles. The van der Waals surface area contributed by atoms with Gasteiger partial charge in [-0.1, -0.05) is 48.9 Å². The molecule has 0 aliphatic heterocycles. The third-order valence-corrected chi connectivity index (χ3v) is 9.76. The first-order valence-electron chi connectivity index (χ1n) is 12.6. The fraction of sp³-hybridized carbons (Fsp3) is 0.321. The summed E-state index contributed by atoms with van der Waals surface area (Å²) in [6, 6.07) is 12.6. The summed E-state index contributed by atoms with van der Waals surface area (Å²) in [7, 11) is -0.773. The molecule has 12 heteroatoms. The van der Waals surface area contributed by atoms with Gasteiger partial charge in [-0.2, -0.15) is 0 Å². The van der Waals surface area contributed by atoms with E-state index >= 15 is 0 Å². The summed E-state index contributed by atoms with van der Waals surface area (Å²) in [6.45, 7) is 3.38. The van der Waals surface area contributed by atoms with Gasteiger partial charge in [0, 0.05) is 30.3 Å². The number of carbonyl (C=O) groups excluding carboxylic acids is 1. The molecule has 0 saturated carbocycles. The van der Waals surface area contributed by atoms with Crippen LogP contribution in [0, 0.1) is 0 Å². The molecule has 0 unspecified atom stereocenters. The van der Waals surface area contributed by atoms with E-state index < -0.39 is 32.7 Å². The number of benzene rings is 2. The monoisotopic (exact) mass is 581 g/mol. The Kier molecular flexibility index (Phi) is 7.61. The Bertz CT molecular complexity index is 1650. The Morgan fingerprint density at radius 2 is 1.65 bits per heavy atom. The van der Waals surface area contributed by atoms with Crippen LogP contribution in [0.2, 0.25) is 5.02 Å². The molecule has 1 aliphatic rings. The molecule has 0 radical (unpaired) electrons. The van der Waals surface area contributed by atoms with Crippen molar-refractivity contribution in [3.8, 4) is 17.2 Å². The number of ketones is 1. The molecule has 0 bridgehead atoms. The van der Waals surface area contributed by atoms with E-state index in [4.69, 9.17) is 21.1 Å². The Morgan fingerprint density at radius 1 is 1.00 bits per heavy atom. The van der Waals surface area contributed by atoms with Gasteiger partial charge in [0.1, 0.15) is 34.6 Å². The van der Waals surface area contributed by atoms with E-state index in [-0.39, 0.29) is 18.0 Å². The summed E-state index contributed by atoms with van der Waals surface area (Å²) in [5.74, 6) is 0.456. The van der Waals surface area contributed by atoms with Crippen LogP contribution < -0.4 is 9.47 Å². The second kappa shape index (κ2) is 11.0. The first-order valence-corrected chi connectivity index (χ1v) is 14.7. The number of para-hydroxylation sites is 1. The molecular formula is C28H28ClN5O5S. The Morgan fingerprint density at radius 3 is 2.30 bits per heavy atom. The molecule has 4 aromatic rings. The lowest BCUT2D eigenvalue weighted by Gasteiger charge is -2.21. The van der Waals surface area contributed by atoms with Gasteiger partial charge in [0.25, 0.3) is 0 Å². The summed E-state index contributed by atoms with van der Waals surface area (Å²) in [5.41, 5.74) is 1.89. The average molecular weight is 582 g/mol. The lowest BCUT2D eigenvalue weighted by molar-refractivity contribution is 0.0990. The van der Waals surface area contributed by atoms with E-state index in [1.54, 1.807) is 42.7 Å². The molecule has 0 amide bonds. The van der Waals surface area contributed by atoms with Crippen molar-refractivity contribution in [3.63, 3.8) is 0 Å². The number of halogens is 1. The highest BCUT2D eigenvalue weighted by Crippen LogP contribution is 2.42. The van der Waals surface area contributed by atoms with E-state index in [9.17, 15) is 13.2 Å².